The molecule has 0 unspecified atom stereocenters. The van der Waals surface area contributed by atoms with Crippen molar-refractivity contribution in [3.63, 3.8) is 0 Å². The Balaban J connectivity index is 2.44. The number of hydrogen-bond acceptors (Lipinski definition) is 3. The van der Waals surface area contributed by atoms with Crippen LogP contribution in [0.3, 0.4) is 0 Å². The number of nitrogens with one attached hydrogen (secondary N) is 1. The molecule has 1 heterocycles. The van der Waals surface area contributed by atoms with Crippen LogP contribution in [0, 0.1) is 0 Å². The first kappa shape index (κ1) is 10.7. The van der Waals surface area contributed by atoms with E-state index >= 15 is 0 Å². The van der Waals surface area contributed by atoms with E-state index in [-0.39, 0.29) is 18.0 Å². The van der Waals surface area contributed by atoms with Crippen molar-refractivity contribution in [3.8, 4) is 0 Å². The zero-order chi connectivity index (χ0) is 10.6. The first-order valence-corrected chi connectivity index (χ1v) is 4.52. The average Bonchev–Trinajstić information content (AvgIpc) is 2.55. The molecule has 5 nitrogen and oxygen atoms in total. The van der Waals surface area contributed by atoms with Gasteiger partial charge in [-0.05, 0) is 19.9 Å². The highest BCUT2D eigenvalue weighted by Crippen LogP contribution is 1.98. The van der Waals surface area contributed by atoms with Gasteiger partial charge in [0.2, 0.25) is 5.91 Å². The molecule has 5 heteroatoms. The van der Waals surface area contributed by atoms with Crippen molar-refractivity contribution >= 4 is 5.91 Å². The highest BCUT2D eigenvalue weighted by molar-refractivity contribution is 5.76. The van der Waals surface area contributed by atoms with Gasteiger partial charge in [0.25, 0.3) is 0 Å². The fraction of sp³-hybridized carbons (Fsp3) is 0.556. The van der Waals surface area contributed by atoms with E-state index < -0.39 is 0 Å². The molecule has 0 fully saturated rings. The summed E-state index contributed by atoms with van der Waals surface area (Å²) in [5.74, 6) is -0.0795. The van der Waals surface area contributed by atoms with Crippen LogP contribution in [0.5, 0.6) is 0 Å². The summed E-state index contributed by atoms with van der Waals surface area (Å²) in [6.07, 6.45) is 3.39. The molecule has 1 aromatic heterocycles. The van der Waals surface area contributed by atoms with Gasteiger partial charge in [0.15, 0.2) is 0 Å². The van der Waals surface area contributed by atoms with Crippen molar-refractivity contribution < 1.29 is 4.79 Å². The third-order valence-electron chi connectivity index (χ3n) is 1.85. The van der Waals surface area contributed by atoms with Gasteiger partial charge in [0.1, 0.15) is 6.54 Å². The Morgan fingerprint density at radius 3 is 2.86 bits per heavy atom. The Morgan fingerprint density at radius 1 is 1.64 bits per heavy atom. The van der Waals surface area contributed by atoms with Crippen molar-refractivity contribution in [2.45, 2.75) is 25.9 Å². The highest BCUT2D eigenvalue weighted by Gasteiger charge is 2.17. The van der Waals surface area contributed by atoms with E-state index in [0.29, 0.717) is 6.54 Å². The fourth-order valence-electron chi connectivity index (χ4n) is 1.01. The molecular weight excluding hydrogens is 180 g/mol. The zero-order valence-electron chi connectivity index (χ0n) is 8.53. The molecule has 14 heavy (non-hydrogen) atoms. The van der Waals surface area contributed by atoms with Gasteiger partial charge < -0.3 is 11.1 Å². The van der Waals surface area contributed by atoms with Crippen molar-refractivity contribution in [2.24, 2.45) is 5.73 Å². The molecule has 0 aliphatic carbocycles. The molecule has 0 spiro atoms. The number of amides is 1. The number of hydrogen-bond donors (Lipinski definition) is 2. The predicted octanol–water partition coefficient (Wildman–Crippen LogP) is -0.263. The van der Waals surface area contributed by atoms with E-state index in [2.05, 4.69) is 10.4 Å². The molecule has 0 saturated heterocycles. The van der Waals surface area contributed by atoms with Crippen LogP contribution in [-0.2, 0) is 11.3 Å². The topological polar surface area (TPSA) is 72.9 Å². The SMILES string of the molecule is CC(C)(CN)NC(=O)Cn1cccn1. The van der Waals surface area contributed by atoms with Crippen LogP contribution in [0.15, 0.2) is 18.5 Å². The lowest BCUT2D eigenvalue weighted by molar-refractivity contribution is -0.123. The normalized spacial score (nSPS) is 11.4. The first-order valence-electron chi connectivity index (χ1n) is 4.52. The van der Waals surface area contributed by atoms with Gasteiger partial charge >= 0.3 is 0 Å². The van der Waals surface area contributed by atoms with Crippen LogP contribution >= 0.6 is 0 Å². The second-order valence-corrected chi connectivity index (χ2v) is 3.84. The minimum absolute atomic E-state index is 0.0795. The predicted molar refractivity (Wildman–Crippen MR) is 53.5 cm³/mol. The first-order chi connectivity index (χ1) is 6.53. The molecular formula is C9H16N4O. The summed E-state index contributed by atoms with van der Waals surface area (Å²) >= 11 is 0. The minimum Gasteiger partial charge on any atom is -0.348 e. The molecule has 0 saturated carbocycles. The van der Waals surface area contributed by atoms with E-state index in [9.17, 15) is 4.79 Å². The lowest BCUT2D eigenvalue weighted by atomic mass is 10.1. The molecule has 3 N–H and O–H groups in total. The summed E-state index contributed by atoms with van der Waals surface area (Å²) in [5.41, 5.74) is 5.13. The molecule has 0 aromatic carbocycles. The van der Waals surface area contributed by atoms with Crippen molar-refractivity contribution in [1.82, 2.24) is 15.1 Å². The summed E-state index contributed by atoms with van der Waals surface area (Å²) in [4.78, 5) is 11.5. The summed E-state index contributed by atoms with van der Waals surface area (Å²) in [5, 5.41) is 6.76. The Bertz CT molecular complexity index is 292. The fourth-order valence-corrected chi connectivity index (χ4v) is 1.01. The number of aromatic nitrogens is 2. The smallest absolute Gasteiger partial charge is 0.242 e. The summed E-state index contributed by atoms with van der Waals surface area (Å²) in [7, 11) is 0. The Labute approximate surface area is 83.3 Å². The van der Waals surface area contributed by atoms with Crippen molar-refractivity contribution in [1.29, 1.82) is 0 Å². The monoisotopic (exact) mass is 196 g/mol. The molecule has 1 rings (SSSR count). The largest absolute Gasteiger partial charge is 0.348 e. The number of nitrogens with two attached hydrogens (primary N) is 1. The van der Waals surface area contributed by atoms with E-state index in [0.717, 1.165) is 0 Å². The van der Waals surface area contributed by atoms with E-state index in [4.69, 9.17) is 5.73 Å². The van der Waals surface area contributed by atoms with Crippen LogP contribution in [-0.4, -0.2) is 27.8 Å². The lowest BCUT2D eigenvalue weighted by Crippen LogP contribution is -2.49. The molecule has 78 valence electrons. The number of carbonyl (C=O) groups excluding carboxylic acids is 1. The molecule has 0 aliphatic rings. The number of carbonyl (C=O) groups is 1. The van der Waals surface area contributed by atoms with Gasteiger partial charge in [-0.15, -0.1) is 0 Å². The molecule has 0 aliphatic heterocycles. The Morgan fingerprint density at radius 2 is 2.36 bits per heavy atom. The van der Waals surface area contributed by atoms with E-state index in [1.54, 1.807) is 23.1 Å². The molecule has 0 radical (unpaired) electrons. The summed E-state index contributed by atoms with van der Waals surface area (Å²) < 4.78 is 1.57. The van der Waals surface area contributed by atoms with E-state index in [1.165, 1.54) is 0 Å². The van der Waals surface area contributed by atoms with Crippen molar-refractivity contribution in [2.75, 3.05) is 6.54 Å². The van der Waals surface area contributed by atoms with Crippen LogP contribution in [0.2, 0.25) is 0 Å². The van der Waals surface area contributed by atoms with E-state index in [1.807, 2.05) is 13.8 Å². The molecule has 1 aromatic rings. The minimum atomic E-state index is -0.357. The van der Waals surface area contributed by atoms with Crippen LogP contribution < -0.4 is 11.1 Å². The maximum absolute atomic E-state index is 11.5. The second-order valence-electron chi connectivity index (χ2n) is 3.84. The van der Waals surface area contributed by atoms with Crippen LogP contribution in [0.25, 0.3) is 0 Å². The maximum Gasteiger partial charge on any atom is 0.242 e. The van der Waals surface area contributed by atoms with Crippen LogP contribution in [0.1, 0.15) is 13.8 Å². The summed E-state index contributed by atoms with van der Waals surface area (Å²) in [6, 6.07) is 1.78. The van der Waals surface area contributed by atoms with Gasteiger partial charge in [-0.25, -0.2) is 0 Å². The number of nitrogens with zero attached hydrogens (tertiary/aromatic N) is 2. The van der Waals surface area contributed by atoms with Gasteiger partial charge in [-0.2, -0.15) is 5.10 Å². The number of rotatable bonds is 4. The summed E-state index contributed by atoms with van der Waals surface area (Å²) in [6.45, 7) is 4.41. The zero-order valence-corrected chi connectivity index (χ0v) is 8.53. The Hall–Kier alpha value is -1.36. The maximum atomic E-state index is 11.5. The van der Waals surface area contributed by atoms with Gasteiger partial charge in [0, 0.05) is 24.5 Å². The second kappa shape index (κ2) is 4.23. The molecule has 0 bridgehead atoms. The molecule has 0 atom stereocenters. The third kappa shape index (κ3) is 3.18. The van der Waals surface area contributed by atoms with Crippen molar-refractivity contribution in [3.05, 3.63) is 18.5 Å². The van der Waals surface area contributed by atoms with Gasteiger partial charge in [-0.3, -0.25) is 9.48 Å². The van der Waals surface area contributed by atoms with Gasteiger partial charge in [0.05, 0.1) is 0 Å². The van der Waals surface area contributed by atoms with Crippen LogP contribution in [0.4, 0.5) is 0 Å². The molecule has 1 amide bonds. The van der Waals surface area contributed by atoms with Gasteiger partial charge in [-0.1, -0.05) is 0 Å². The lowest BCUT2D eigenvalue weighted by Gasteiger charge is -2.24. The quantitative estimate of drug-likeness (QED) is 0.696. The third-order valence-corrected chi connectivity index (χ3v) is 1.85. The Kier molecular flexibility index (Phi) is 3.24. The average molecular weight is 196 g/mol. The standard InChI is InChI=1S/C9H16N4O/c1-9(2,7-10)12-8(14)6-13-5-3-4-11-13/h3-5H,6-7,10H2,1-2H3,(H,12,14). The highest BCUT2D eigenvalue weighted by atomic mass is 16.2.